The molecule has 2 aromatic rings. The summed E-state index contributed by atoms with van der Waals surface area (Å²) in [6, 6.07) is 10.1. The van der Waals surface area contributed by atoms with Gasteiger partial charge in [-0.25, -0.2) is 13.1 Å². The Labute approximate surface area is 186 Å². The molecule has 0 spiro atoms. The van der Waals surface area contributed by atoms with Crippen molar-refractivity contribution in [1.82, 2.24) is 14.9 Å². The highest BCUT2D eigenvalue weighted by molar-refractivity contribution is 7.89. The number of piperidine rings is 1. The summed E-state index contributed by atoms with van der Waals surface area (Å²) in [6.07, 6.45) is 4.10. The standard InChI is InChI=1S/C22H27N3O4S2/c26-21(16-3-4-16)24-18-10-13-25(14-11-18)22(27)17-5-7-20(8-6-17)31(28,29)23-12-9-19-2-1-15-30-19/h1-2,5-8,15-16,18,23H,3-4,9-14H2,(H,24,26). The van der Waals surface area contributed by atoms with Crippen molar-refractivity contribution in [2.24, 2.45) is 5.92 Å². The van der Waals surface area contributed by atoms with Crippen molar-refractivity contribution in [3.63, 3.8) is 0 Å². The van der Waals surface area contributed by atoms with E-state index >= 15 is 0 Å². The Hall–Kier alpha value is -2.23. The van der Waals surface area contributed by atoms with Gasteiger partial charge in [-0.3, -0.25) is 9.59 Å². The minimum absolute atomic E-state index is 0.110. The van der Waals surface area contributed by atoms with Crippen LogP contribution in [0.25, 0.3) is 0 Å². The van der Waals surface area contributed by atoms with E-state index in [2.05, 4.69) is 10.0 Å². The topological polar surface area (TPSA) is 95.6 Å². The van der Waals surface area contributed by atoms with Crippen LogP contribution < -0.4 is 10.0 Å². The van der Waals surface area contributed by atoms with E-state index in [0.29, 0.717) is 31.6 Å². The van der Waals surface area contributed by atoms with Crippen molar-refractivity contribution in [3.05, 3.63) is 52.2 Å². The highest BCUT2D eigenvalue weighted by atomic mass is 32.2. The molecule has 1 aliphatic heterocycles. The van der Waals surface area contributed by atoms with Gasteiger partial charge in [0.15, 0.2) is 0 Å². The van der Waals surface area contributed by atoms with Crippen LogP contribution in [-0.4, -0.2) is 50.8 Å². The summed E-state index contributed by atoms with van der Waals surface area (Å²) in [4.78, 5) is 27.7. The zero-order valence-electron chi connectivity index (χ0n) is 17.2. The molecule has 2 N–H and O–H groups in total. The van der Waals surface area contributed by atoms with Gasteiger partial charge in [-0.2, -0.15) is 0 Å². The van der Waals surface area contributed by atoms with Gasteiger partial charge in [0, 0.05) is 42.0 Å². The van der Waals surface area contributed by atoms with Crippen LogP contribution in [0.3, 0.4) is 0 Å². The Morgan fingerprint density at radius 3 is 2.35 bits per heavy atom. The summed E-state index contributed by atoms with van der Waals surface area (Å²) in [6.45, 7) is 1.49. The number of likely N-dealkylation sites (tertiary alicyclic amines) is 1. The maximum atomic E-state index is 12.8. The first-order valence-corrected chi connectivity index (χ1v) is 13.0. The molecule has 0 radical (unpaired) electrons. The molecule has 1 aromatic heterocycles. The number of nitrogens with one attached hydrogen (secondary N) is 2. The second kappa shape index (κ2) is 9.50. The normalized spacial score (nSPS) is 17.5. The molecule has 1 saturated carbocycles. The van der Waals surface area contributed by atoms with E-state index in [-0.39, 0.29) is 28.7 Å². The van der Waals surface area contributed by atoms with Crippen molar-refractivity contribution >= 4 is 33.2 Å². The molecule has 4 rings (SSSR count). The molecule has 2 heterocycles. The number of carbonyl (C=O) groups is 2. The van der Waals surface area contributed by atoms with Gasteiger partial charge in [-0.15, -0.1) is 11.3 Å². The molecule has 31 heavy (non-hydrogen) atoms. The summed E-state index contributed by atoms with van der Waals surface area (Å²) in [5.41, 5.74) is 0.470. The predicted molar refractivity (Wildman–Crippen MR) is 119 cm³/mol. The van der Waals surface area contributed by atoms with E-state index in [1.54, 1.807) is 28.4 Å². The fourth-order valence-corrected chi connectivity index (χ4v) is 5.44. The Morgan fingerprint density at radius 2 is 1.74 bits per heavy atom. The lowest BCUT2D eigenvalue weighted by Gasteiger charge is -2.32. The lowest BCUT2D eigenvalue weighted by Crippen LogP contribution is -2.46. The largest absolute Gasteiger partial charge is 0.353 e. The molecule has 1 aromatic carbocycles. The number of nitrogens with zero attached hydrogens (tertiary/aromatic N) is 1. The first kappa shape index (κ1) is 22.0. The molecule has 2 amide bonds. The van der Waals surface area contributed by atoms with Crippen LogP contribution >= 0.6 is 11.3 Å². The number of rotatable bonds is 8. The number of benzene rings is 1. The second-order valence-electron chi connectivity index (χ2n) is 8.10. The van der Waals surface area contributed by atoms with E-state index < -0.39 is 10.0 Å². The van der Waals surface area contributed by atoms with Crippen molar-refractivity contribution in [1.29, 1.82) is 0 Å². The van der Waals surface area contributed by atoms with Crippen molar-refractivity contribution in [2.45, 2.75) is 43.0 Å². The minimum Gasteiger partial charge on any atom is -0.353 e. The fourth-order valence-electron chi connectivity index (χ4n) is 3.70. The number of hydrogen-bond acceptors (Lipinski definition) is 5. The summed E-state index contributed by atoms with van der Waals surface area (Å²) < 4.78 is 27.6. The molecule has 1 aliphatic carbocycles. The van der Waals surface area contributed by atoms with Crippen LogP contribution in [0.5, 0.6) is 0 Å². The van der Waals surface area contributed by atoms with Crippen LogP contribution in [0.15, 0.2) is 46.7 Å². The van der Waals surface area contributed by atoms with Gasteiger partial charge in [0.25, 0.3) is 5.91 Å². The molecule has 1 saturated heterocycles. The lowest BCUT2D eigenvalue weighted by atomic mass is 10.0. The molecule has 166 valence electrons. The molecule has 7 nitrogen and oxygen atoms in total. The lowest BCUT2D eigenvalue weighted by molar-refractivity contribution is -0.123. The third kappa shape index (κ3) is 5.72. The highest BCUT2D eigenvalue weighted by Gasteiger charge is 2.32. The number of thiophene rings is 1. The third-order valence-corrected chi connectivity index (χ3v) is 8.14. The van der Waals surface area contributed by atoms with Crippen LogP contribution in [-0.2, 0) is 21.2 Å². The van der Waals surface area contributed by atoms with Crippen LogP contribution in [0.4, 0.5) is 0 Å². The molecule has 0 atom stereocenters. The molecule has 2 fully saturated rings. The first-order valence-electron chi connectivity index (χ1n) is 10.6. The summed E-state index contributed by atoms with van der Waals surface area (Å²) in [7, 11) is -3.61. The Kier molecular flexibility index (Phi) is 6.74. The molecule has 0 unspecified atom stereocenters. The Morgan fingerprint density at radius 1 is 1.03 bits per heavy atom. The summed E-state index contributed by atoms with van der Waals surface area (Å²) in [5, 5.41) is 5.04. The summed E-state index contributed by atoms with van der Waals surface area (Å²) in [5.74, 6) is 0.229. The Balaban J connectivity index is 1.28. The van der Waals surface area contributed by atoms with Crippen molar-refractivity contribution in [2.75, 3.05) is 19.6 Å². The highest BCUT2D eigenvalue weighted by Crippen LogP contribution is 2.29. The number of hydrogen-bond donors (Lipinski definition) is 2. The van der Waals surface area contributed by atoms with Gasteiger partial charge in [0.1, 0.15) is 0 Å². The maximum absolute atomic E-state index is 12.8. The average Bonchev–Trinajstić information content (AvgIpc) is 3.51. The molecular formula is C22H27N3O4S2. The quantitative estimate of drug-likeness (QED) is 0.631. The minimum atomic E-state index is -3.61. The predicted octanol–water partition coefficient (Wildman–Crippen LogP) is 2.40. The zero-order valence-corrected chi connectivity index (χ0v) is 18.9. The fraction of sp³-hybridized carbons (Fsp3) is 0.455. The summed E-state index contributed by atoms with van der Waals surface area (Å²) >= 11 is 1.60. The van der Waals surface area contributed by atoms with E-state index in [4.69, 9.17) is 0 Å². The van der Waals surface area contributed by atoms with Gasteiger partial charge in [-0.1, -0.05) is 6.07 Å². The van der Waals surface area contributed by atoms with E-state index in [9.17, 15) is 18.0 Å². The van der Waals surface area contributed by atoms with Crippen LogP contribution in [0.2, 0.25) is 0 Å². The molecule has 9 heteroatoms. The average molecular weight is 462 g/mol. The smallest absolute Gasteiger partial charge is 0.253 e. The number of carbonyl (C=O) groups excluding carboxylic acids is 2. The van der Waals surface area contributed by atoms with Crippen LogP contribution in [0, 0.1) is 5.92 Å². The van der Waals surface area contributed by atoms with Gasteiger partial charge in [-0.05, 0) is 67.8 Å². The van der Waals surface area contributed by atoms with Crippen molar-refractivity contribution in [3.8, 4) is 0 Å². The van der Waals surface area contributed by atoms with E-state index in [1.165, 1.54) is 12.1 Å². The first-order chi connectivity index (χ1) is 14.9. The monoisotopic (exact) mass is 461 g/mol. The van der Waals surface area contributed by atoms with Gasteiger partial charge in [0.2, 0.25) is 15.9 Å². The van der Waals surface area contributed by atoms with Gasteiger partial charge in [0.05, 0.1) is 4.90 Å². The van der Waals surface area contributed by atoms with Gasteiger partial charge < -0.3 is 10.2 Å². The maximum Gasteiger partial charge on any atom is 0.253 e. The van der Waals surface area contributed by atoms with Gasteiger partial charge >= 0.3 is 0 Å². The Bertz CT molecular complexity index is 1010. The van der Waals surface area contributed by atoms with Crippen LogP contribution in [0.1, 0.15) is 40.9 Å². The second-order valence-corrected chi connectivity index (χ2v) is 10.9. The molecule has 0 bridgehead atoms. The molecule has 2 aliphatic rings. The zero-order chi connectivity index (χ0) is 21.8. The SMILES string of the molecule is O=C(NC1CCN(C(=O)c2ccc(S(=O)(=O)NCCc3cccs3)cc2)CC1)C1CC1. The van der Waals surface area contributed by atoms with E-state index in [0.717, 1.165) is 30.6 Å². The molecular weight excluding hydrogens is 434 g/mol. The third-order valence-electron chi connectivity index (χ3n) is 5.73. The van der Waals surface area contributed by atoms with E-state index in [1.807, 2.05) is 17.5 Å². The number of sulfonamides is 1. The number of amides is 2. The van der Waals surface area contributed by atoms with Crippen molar-refractivity contribution < 1.29 is 18.0 Å².